The molecule has 0 saturated carbocycles. The summed E-state index contributed by atoms with van der Waals surface area (Å²) in [5.41, 5.74) is 7.01. The smallest absolute Gasteiger partial charge is 0.0936 e. The third-order valence-electron chi connectivity index (χ3n) is 4.72. The van der Waals surface area contributed by atoms with Crippen molar-refractivity contribution in [3.05, 3.63) is 58.7 Å². The summed E-state index contributed by atoms with van der Waals surface area (Å²) in [6.07, 6.45) is 2.22. The number of hydrogen-bond donors (Lipinski definition) is 0. The molecule has 0 saturated heterocycles. The van der Waals surface area contributed by atoms with E-state index in [1.165, 1.54) is 16.8 Å². The molecule has 0 radical (unpaired) electrons. The number of anilines is 2. The maximum absolute atomic E-state index is 6.08. The summed E-state index contributed by atoms with van der Waals surface area (Å²) in [5, 5.41) is 9.37. The Bertz CT molecular complexity index is 899. The van der Waals surface area contributed by atoms with Crippen LogP contribution in [0, 0.1) is 6.92 Å². The van der Waals surface area contributed by atoms with Gasteiger partial charge in [-0.3, -0.25) is 0 Å². The second kappa shape index (κ2) is 6.52. The number of aromatic nitrogens is 3. The van der Waals surface area contributed by atoms with E-state index in [4.69, 9.17) is 11.6 Å². The van der Waals surface area contributed by atoms with Crippen molar-refractivity contribution in [1.82, 2.24) is 15.0 Å². The van der Waals surface area contributed by atoms with Crippen LogP contribution in [0.15, 0.2) is 42.5 Å². The highest BCUT2D eigenvalue weighted by Crippen LogP contribution is 2.39. The highest BCUT2D eigenvalue weighted by molar-refractivity contribution is 6.30. The lowest BCUT2D eigenvalue weighted by Crippen LogP contribution is -2.21. The molecular weight excluding hydrogens is 332 g/mol. The Kier molecular flexibility index (Phi) is 4.22. The van der Waals surface area contributed by atoms with Crippen LogP contribution >= 0.6 is 11.6 Å². The predicted molar refractivity (Wildman–Crippen MR) is 103 cm³/mol. The standard InChI is InChI=1S/C20H21ClN4/c1-3-4-15-5-10-18-19(13-15)24(17-8-6-16(21)7-9-17)11-12-25-20(18)14(2)22-23-25/h5-10,13H,3-4,11-12H2,1-2H3. The van der Waals surface area contributed by atoms with Crippen molar-refractivity contribution in [2.24, 2.45) is 0 Å². The lowest BCUT2D eigenvalue weighted by Gasteiger charge is -2.25. The normalized spacial score (nSPS) is 13.3. The third-order valence-corrected chi connectivity index (χ3v) is 4.98. The van der Waals surface area contributed by atoms with Crippen LogP contribution in [0.25, 0.3) is 11.3 Å². The Hall–Kier alpha value is -2.33. The summed E-state index contributed by atoms with van der Waals surface area (Å²) >= 11 is 6.08. The molecule has 0 N–H and O–H groups in total. The summed E-state index contributed by atoms with van der Waals surface area (Å²) in [6.45, 7) is 5.89. The molecule has 0 bridgehead atoms. The van der Waals surface area contributed by atoms with Crippen LogP contribution in [0.1, 0.15) is 24.6 Å². The molecule has 25 heavy (non-hydrogen) atoms. The molecule has 128 valence electrons. The molecule has 1 aliphatic heterocycles. The van der Waals surface area contributed by atoms with Gasteiger partial charge in [0.05, 0.1) is 23.6 Å². The van der Waals surface area contributed by atoms with Gasteiger partial charge in [-0.25, -0.2) is 4.68 Å². The van der Waals surface area contributed by atoms with Crippen LogP contribution in [0.3, 0.4) is 0 Å². The highest BCUT2D eigenvalue weighted by Gasteiger charge is 2.24. The molecule has 4 rings (SSSR count). The maximum atomic E-state index is 6.08. The molecule has 0 spiro atoms. The van der Waals surface area contributed by atoms with Gasteiger partial charge >= 0.3 is 0 Å². The van der Waals surface area contributed by atoms with Gasteiger partial charge in [0.1, 0.15) is 0 Å². The Labute approximate surface area is 153 Å². The van der Waals surface area contributed by atoms with Crippen molar-refractivity contribution in [2.75, 3.05) is 11.4 Å². The number of hydrogen-bond acceptors (Lipinski definition) is 3. The lowest BCUT2D eigenvalue weighted by molar-refractivity contribution is 0.605. The van der Waals surface area contributed by atoms with E-state index in [0.717, 1.165) is 48.0 Å². The molecule has 1 aliphatic rings. The van der Waals surface area contributed by atoms with Gasteiger partial charge < -0.3 is 4.90 Å². The fraction of sp³-hybridized carbons (Fsp3) is 0.300. The minimum atomic E-state index is 0.756. The Morgan fingerprint density at radius 3 is 2.64 bits per heavy atom. The SMILES string of the molecule is CCCc1ccc2c(c1)N(c1ccc(Cl)cc1)CCn1nnc(C)c1-2. The predicted octanol–water partition coefficient (Wildman–Crippen LogP) is 5.01. The molecule has 2 aromatic carbocycles. The van der Waals surface area contributed by atoms with E-state index in [2.05, 4.69) is 52.5 Å². The molecule has 0 atom stereocenters. The van der Waals surface area contributed by atoms with Crippen molar-refractivity contribution < 1.29 is 0 Å². The number of aryl methyl sites for hydroxylation is 2. The van der Waals surface area contributed by atoms with E-state index in [1.54, 1.807) is 0 Å². The third kappa shape index (κ3) is 2.91. The minimum absolute atomic E-state index is 0.756. The monoisotopic (exact) mass is 352 g/mol. The van der Waals surface area contributed by atoms with Gasteiger partial charge in [-0.1, -0.05) is 42.3 Å². The summed E-state index contributed by atoms with van der Waals surface area (Å²) in [6, 6.07) is 14.8. The number of nitrogens with zero attached hydrogens (tertiary/aromatic N) is 4. The first-order chi connectivity index (χ1) is 12.2. The van der Waals surface area contributed by atoms with Gasteiger partial charge in [-0.05, 0) is 49.2 Å². The first kappa shape index (κ1) is 16.2. The summed E-state index contributed by atoms with van der Waals surface area (Å²) in [5.74, 6) is 0. The van der Waals surface area contributed by atoms with Gasteiger partial charge in [0.15, 0.2) is 0 Å². The molecule has 1 aromatic heterocycles. The zero-order valence-corrected chi connectivity index (χ0v) is 15.3. The second-order valence-electron chi connectivity index (χ2n) is 6.48. The second-order valence-corrected chi connectivity index (χ2v) is 6.91. The van der Waals surface area contributed by atoms with Crippen LogP contribution < -0.4 is 4.90 Å². The zero-order chi connectivity index (χ0) is 17.4. The van der Waals surface area contributed by atoms with Gasteiger partial charge in [0.2, 0.25) is 0 Å². The number of rotatable bonds is 3. The fourth-order valence-corrected chi connectivity index (χ4v) is 3.67. The van der Waals surface area contributed by atoms with Crippen molar-refractivity contribution in [3.63, 3.8) is 0 Å². The van der Waals surface area contributed by atoms with E-state index >= 15 is 0 Å². The molecular formula is C20H21ClN4. The average molecular weight is 353 g/mol. The van der Waals surface area contributed by atoms with Crippen molar-refractivity contribution >= 4 is 23.0 Å². The fourth-order valence-electron chi connectivity index (χ4n) is 3.54. The topological polar surface area (TPSA) is 34.0 Å². The molecule has 3 aromatic rings. The molecule has 2 heterocycles. The minimum Gasteiger partial charge on any atom is -0.339 e. The lowest BCUT2D eigenvalue weighted by atomic mass is 10.0. The Balaban J connectivity index is 1.89. The van der Waals surface area contributed by atoms with E-state index in [9.17, 15) is 0 Å². The first-order valence-corrected chi connectivity index (χ1v) is 9.11. The molecule has 5 heteroatoms. The van der Waals surface area contributed by atoms with Crippen LogP contribution in [0.4, 0.5) is 11.4 Å². The van der Waals surface area contributed by atoms with Crippen LogP contribution in [-0.2, 0) is 13.0 Å². The quantitative estimate of drug-likeness (QED) is 0.664. The van der Waals surface area contributed by atoms with Crippen molar-refractivity contribution in [1.29, 1.82) is 0 Å². The molecule has 0 amide bonds. The molecule has 0 aliphatic carbocycles. The van der Waals surface area contributed by atoms with E-state index in [1.807, 2.05) is 23.7 Å². The van der Waals surface area contributed by atoms with E-state index < -0.39 is 0 Å². The molecule has 4 nitrogen and oxygen atoms in total. The average Bonchev–Trinajstić information content (AvgIpc) is 2.89. The van der Waals surface area contributed by atoms with Gasteiger partial charge in [-0.15, -0.1) is 5.10 Å². The number of halogens is 1. The van der Waals surface area contributed by atoms with Gasteiger partial charge in [-0.2, -0.15) is 0 Å². The van der Waals surface area contributed by atoms with Crippen molar-refractivity contribution in [2.45, 2.75) is 33.2 Å². The van der Waals surface area contributed by atoms with Gasteiger partial charge in [0.25, 0.3) is 0 Å². The van der Waals surface area contributed by atoms with E-state index in [-0.39, 0.29) is 0 Å². The zero-order valence-electron chi connectivity index (χ0n) is 14.5. The highest BCUT2D eigenvalue weighted by atomic mass is 35.5. The van der Waals surface area contributed by atoms with E-state index in [0.29, 0.717) is 0 Å². The van der Waals surface area contributed by atoms with Crippen LogP contribution in [-0.4, -0.2) is 21.5 Å². The first-order valence-electron chi connectivity index (χ1n) is 8.74. The maximum Gasteiger partial charge on any atom is 0.0936 e. The summed E-state index contributed by atoms with van der Waals surface area (Å²) in [4.78, 5) is 2.36. The summed E-state index contributed by atoms with van der Waals surface area (Å²) < 4.78 is 2.02. The molecule has 0 unspecified atom stereocenters. The van der Waals surface area contributed by atoms with Crippen LogP contribution in [0.2, 0.25) is 5.02 Å². The number of fused-ring (bicyclic) bond motifs is 3. The van der Waals surface area contributed by atoms with Crippen LogP contribution in [0.5, 0.6) is 0 Å². The Morgan fingerprint density at radius 2 is 1.88 bits per heavy atom. The largest absolute Gasteiger partial charge is 0.339 e. The van der Waals surface area contributed by atoms with Gasteiger partial charge in [0, 0.05) is 22.8 Å². The van der Waals surface area contributed by atoms with Crippen molar-refractivity contribution in [3.8, 4) is 11.3 Å². The summed E-state index contributed by atoms with van der Waals surface area (Å²) in [7, 11) is 0. The Morgan fingerprint density at radius 1 is 1.08 bits per heavy atom. The molecule has 0 fully saturated rings. The number of benzene rings is 2.